The summed E-state index contributed by atoms with van der Waals surface area (Å²) in [5, 5.41) is 11.5. The van der Waals surface area contributed by atoms with Crippen LogP contribution in [0.15, 0.2) is 24.3 Å². The molecular formula is C18H26N2O4. The van der Waals surface area contributed by atoms with Gasteiger partial charge in [-0.05, 0) is 23.5 Å². The largest absolute Gasteiger partial charge is 0.394 e. The fourth-order valence-corrected chi connectivity index (χ4v) is 2.72. The second-order valence-corrected chi connectivity index (χ2v) is 7.18. The van der Waals surface area contributed by atoms with Crippen LogP contribution in [0.4, 0.5) is 4.79 Å². The van der Waals surface area contributed by atoms with Gasteiger partial charge in [0.25, 0.3) is 5.91 Å². The fourth-order valence-electron chi connectivity index (χ4n) is 2.72. The van der Waals surface area contributed by atoms with Crippen LogP contribution in [-0.4, -0.2) is 48.3 Å². The van der Waals surface area contributed by atoms with E-state index in [0.717, 1.165) is 10.5 Å². The standard InChI is InChI=1S/C18H26N2O4/c1-17(2,3)13-5-7-14(8-6-13)18(4)15(22)20(16(23)19-18)9-11-24-12-10-21/h5-8,21H,9-12H2,1-4H3,(H,19,23). The van der Waals surface area contributed by atoms with Gasteiger partial charge in [-0.2, -0.15) is 0 Å². The van der Waals surface area contributed by atoms with E-state index < -0.39 is 11.6 Å². The molecule has 1 atom stereocenters. The summed E-state index contributed by atoms with van der Waals surface area (Å²) < 4.78 is 5.14. The van der Waals surface area contributed by atoms with Crippen LogP contribution < -0.4 is 5.32 Å². The average molecular weight is 334 g/mol. The molecule has 1 saturated heterocycles. The third kappa shape index (κ3) is 3.60. The molecule has 3 amide bonds. The van der Waals surface area contributed by atoms with Crippen molar-refractivity contribution in [3.8, 4) is 0 Å². The molecule has 0 spiro atoms. The molecule has 1 aromatic carbocycles. The molecule has 0 radical (unpaired) electrons. The number of benzene rings is 1. The maximum absolute atomic E-state index is 12.7. The summed E-state index contributed by atoms with van der Waals surface area (Å²) in [5.74, 6) is -0.288. The van der Waals surface area contributed by atoms with Crippen molar-refractivity contribution in [2.75, 3.05) is 26.4 Å². The van der Waals surface area contributed by atoms with Crippen LogP contribution in [0.5, 0.6) is 0 Å². The monoisotopic (exact) mass is 334 g/mol. The van der Waals surface area contributed by atoms with Gasteiger partial charge in [0.15, 0.2) is 0 Å². The highest BCUT2D eigenvalue weighted by molar-refractivity contribution is 6.07. The van der Waals surface area contributed by atoms with Gasteiger partial charge in [0.1, 0.15) is 5.54 Å². The van der Waals surface area contributed by atoms with Gasteiger partial charge in [-0.3, -0.25) is 9.69 Å². The molecule has 0 saturated carbocycles. The van der Waals surface area contributed by atoms with Crippen molar-refractivity contribution < 1.29 is 19.4 Å². The minimum Gasteiger partial charge on any atom is -0.394 e. The summed E-state index contributed by atoms with van der Waals surface area (Å²) in [6, 6.07) is 7.35. The summed E-state index contributed by atoms with van der Waals surface area (Å²) in [4.78, 5) is 26.0. The van der Waals surface area contributed by atoms with Crippen LogP contribution >= 0.6 is 0 Å². The number of nitrogens with zero attached hydrogens (tertiary/aromatic N) is 1. The number of aliphatic hydroxyl groups excluding tert-OH is 1. The van der Waals surface area contributed by atoms with Gasteiger partial charge in [0.2, 0.25) is 0 Å². The summed E-state index contributed by atoms with van der Waals surface area (Å²) in [5.41, 5.74) is 0.886. The van der Waals surface area contributed by atoms with Crippen LogP contribution in [-0.2, 0) is 20.5 Å². The van der Waals surface area contributed by atoms with E-state index in [0.29, 0.717) is 0 Å². The molecule has 2 N–H and O–H groups in total. The topological polar surface area (TPSA) is 78.9 Å². The van der Waals surface area contributed by atoms with Crippen molar-refractivity contribution >= 4 is 11.9 Å². The van der Waals surface area contributed by atoms with Crippen LogP contribution in [0.25, 0.3) is 0 Å². The predicted molar refractivity (Wildman–Crippen MR) is 90.6 cm³/mol. The second kappa shape index (κ2) is 6.91. The highest BCUT2D eigenvalue weighted by Crippen LogP contribution is 2.30. The van der Waals surface area contributed by atoms with E-state index >= 15 is 0 Å². The van der Waals surface area contributed by atoms with Crippen molar-refractivity contribution in [2.45, 2.75) is 38.6 Å². The lowest BCUT2D eigenvalue weighted by molar-refractivity contribution is -0.131. The van der Waals surface area contributed by atoms with E-state index in [4.69, 9.17) is 9.84 Å². The number of carbonyl (C=O) groups is 2. The average Bonchev–Trinajstić information content (AvgIpc) is 2.74. The first-order valence-corrected chi connectivity index (χ1v) is 8.14. The zero-order valence-electron chi connectivity index (χ0n) is 14.8. The number of nitrogens with one attached hydrogen (secondary N) is 1. The van der Waals surface area contributed by atoms with Gasteiger partial charge in [-0.1, -0.05) is 45.0 Å². The molecule has 1 aromatic rings. The Kier molecular flexibility index (Phi) is 5.30. The Morgan fingerprint density at radius 2 is 1.79 bits per heavy atom. The van der Waals surface area contributed by atoms with Crippen molar-refractivity contribution in [2.24, 2.45) is 0 Å². The van der Waals surface area contributed by atoms with E-state index in [1.807, 2.05) is 24.3 Å². The number of imide groups is 1. The van der Waals surface area contributed by atoms with Crippen molar-refractivity contribution in [3.05, 3.63) is 35.4 Å². The lowest BCUT2D eigenvalue weighted by Crippen LogP contribution is -2.41. The molecule has 0 aromatic heterocycles. The van der Waals surface area contributed by atoms with Gasteiger partial charge in [-0.15, -0.1) is 0 Å². The van der Waals surface area contributed by atoms with Gasteiger partial charge >= 0.3 is 6.03 Å². The number of amides is 3. The minimum absolute atomic E-state index is 0.0262. The van der Waals surface area contributed by atoms with Gasteiger partial charge in [0, 0.05) is 0 Å². The van der Waals surface area contributed by atoms with Crippen LogP contribution in [0.3, 0.4) is 0 Å². The number of ether oxygens (including phenoxy) is 1. The zero-order valence-corrected chi connectivity index (χ0v) is 14.8. The van der Waals surface area contributed by atoms with E-state index in [9.17, 15) is 9.59 Å². The SMILES string of the molecule is CC(C)(C)c1ccc(C2(C)NC(=O)N(CCOCCO)C2=O)cc1. The van der Waals surface area contributed by atoms with Crippen LogP contribution in [0, 0.1) is 0 Å². The molecule has 0 aliphatic carbocycles. The maximum atomic E-state index is 12.7. The Labute approximate surface area is 142 Å². The minimum atomic E-state index is -1.07. The smallest absolute Gasteiger partial charge is 0.325 e. The summed E-state index contributed by atoms with van der Waals surface area (Å²) in [7, 11) is 0. The molecule has 2 rings (SSSR count). The Hall–Kier alpha value is -1.92. The third-order valence-electron chi connectivity index (χ3n) is 4.30. The summed E-state index contributed by atoms with van der Waals surface area (Å²) in [6.45, 7) is 8.57. The third-order valence-corrected chi connectivity index (χ3v) is 4.30. The Morgan fingerprint density at radius 3 is 2.33 bits per heavy atom. The summed E-state index contributed by atoms with van der Waals surface area (Å²) >= 11 is 0. The first kappa shape index (κ1) is 18.4. The number of hydrogen-bond donors (Lipinski definition) is 2. The number of hydrogen-bond acceptors (Lipinski definition) is 4. The molecule has 1 unspecified atom stereocenters. The normalized spacial score (nSPS) is 21.3. The predicted octanol–water partition coefficient (Wildman–Crippen LogP) is 1.76. The first-order valence-electron chi connectivity index (χ1n) is 8.14. The van der Waals surface area contributed by atoms with Crippen LogP contribution in [0.2, 0.25) is 0 Å². The van der Waals surface area contributed by atoms with Crippen LogP contribution in [0.1, 0.15) is 38.8 Å². The number of carbonyl (C=O) groups excluding carboxylic acids is 2. The second-order valence-electron chi connectivity index (χ2n) is 7.18. The highest BCUT2D eigenvalue weighted by atomic mass is 16.5. The molecule has 1 fully saturated rings. The molecule has 24 heavy (non-hydrogen) atoms. The Morgan fingerprint density at radius 1 is 1.17 bits per heavy atom. The number of rotatable bonds is 6. The molecule has 6 nitrogen and oxygen atoms in total. The van der Waals surface area contributed by atoms with Crippen molar-refractivity contribution in [3.63, 3.8) is 0 Å². The molecule has 1 aliphatic heterocycles. The van der Waals surface area contributed by atoms with Crippen molar-refractivity contribution in [1.82, 2.24) is 10.2 Å². The Bertz CT molecular complexity index is 606. The number of aliphatic hydroxyl groups is 1. The Balaban J connectivity index is 2.15. The van der Waals surface area contributed by atoms with Gasteiger partial charge < -0.3 is 15.2 Å². The fraction of sp³-hybridized carbons (Fsp3) is 0.556. The van der Waals surface area contributed by atoms with E-state index in [1.165, 1.54) is 5.56 Å². The first-order chi connectivity index (χ1) is 11.2. The molecule has 6 heteroatoms. The van der Waals surface area contributed by atoms with E-state index in [1.54, 1.807) is 6.92 Å². The summed E-state index contributed by atoms with van der Waals surface area (Å²) in [6.07, 6.45) is 0. The molecular weight excluding hydrogens is 308 g/mol. The zero-order chi connectivity index (χ0) is 18.0. The van der Waals surface area contributed by atoms with Crippen molar-refractivity contribution in [1.29, 1.82) is 0 Å². The molecule has 0 bridgehead atoms. The van der Waals surface area contributed by atoms with Gasteiger partial charge in [0.05, 0.1) is 26.4 Å². The molecule has 1 heterocycles. The maximum Gasteiger partial charge on any atom is 0.325 e. The lowest BCUT2D eigenvalue weighted by atomic mass is 9.84. The van der Waals surface area contributed by atoms with E-state index in [-0.39, 0.29) is 37.7 Å². The number of urea groups is 1. The quantitative estimate of drug-likeness (QED) is 0.614. The highest BCUT2D eigenvalue weighted by Gasteiger charge is 2.48. The van der Waals surface area contributed by atoms with Gasteiger partial charge in [-0.25, -0.2) is 4.79 Å². The molecule has 1 aliphatic rings. The molecule has 132 valence electrons. The van der Waals surface area contributed by atoms with E-state index in [2.05, 4.69) is 26.1 Å². The lowest BCUT2D eigenvalue weighted by Gasteiger charge is -2.24.